The molecule has 4 aromatic rings. The number of aromatic nitrogens is 3. The Kier molecular flexibility index (Phi) is 9.11. The predicted molar refractivity (Wildman–Crippen MR) is 170 cm³/mol. The lowest BCUT2D eigenvalue weighted by Gasteiger charge is -2.40. The highest BCUT2D eigenvalue weighted by atomic mass is 16.6. The van der Waals surface area contributed by atoms with Crippen molar-refractivity contribution in [1.82, 2.24) is 24.8 Å². The maximum Gasteiger partial charge on any atom is 0.407 e. The zero-order chi connectivity index (χ0) is 30.6. The molecule has 0 unspecified atom stereocenters. The van der Waals surface area contributed by atoms with E-state index in [0.717, 1.165) is 66.0 Å². The van der Waals surface area contributed by atoms with Crippen molar-refractivity contribution in [3.05, 3.63) is 99.9 Å². The van der Waals surface area contributed by atoms with Crippen molar-refractivity contribution in [3.8, 4) is 0 Å². The lowest BCUT2D eigenvalue weighted by molar-refractivity contribution is 0.0523. The Morgan fingerprint density at radius 1 is 1.12 bits per heavy atom. The molecule has 1 saturated heterocycles. The van der Waals surface area contributed by atoms with E-state index in [2.05, 4.69) is 47.9 Å². The van der Waals surface area contributed by atoms with Gasteiger partial charge in [0.05, 0.1) is 29.6 Å². The number of rotatable bonds is 8. The number of nitrogens with one attached hydrogen (secondary N) is 1. The number of pyridine rings is 3. The number of alkyl carbamates (subject to hydrolysis) is 1. The number of hydrogen-bond acceptors (Lipinski definition) is 7. The van der Waals surface area contributed by atoms with Gasteiger partial charge in [0.25, 0.3) is 0 Å². The van der Waals surface area contributed by atoms with E-state index in [4.69, 9.17) is 4.74 Å². The van der Waals surface area contributed by atoms with Gasteiger partial charge in [0, 0.05) is 68.3 Å². The van der Waals surface area contributed by atoms with Crippen LogP contribution in [0.3, 0.4) is 0 Å². The molecular weight excluding hydrogens is 540 g/mol. The zero-order valence-electron chi connectivity index (χ0n) is 25.8. The van der Waals surface area contributed by atoms with Gasteiger partial charge < -0.3 is 19.5 Å². The maximum absolute atomic E-state index is 13.6. The van der Waals surface area contributed by atoms with E-state index < -0.39 is 11.7 Å². The lowest BCUT2D eigenvalue weighted by Crippen LogP contribution is -2.48. The highest BCUT2D eigenvalue weighted by Crippen LogP contribution is 2.25. The average molecular weight is 583 g/mol. The van der Waals surface area contributed by atoms with E-state index in [9.17, 15) is 9.59 Å². The first-order valence-electron chi connectivity index (χ1n) is 15.0. The van der Waals surface area contributed by atoms with Crippen LogP contribution in [0, 0.1) is 6.92 Å². The second kappa shape index (κ2) is 13.0. The van der Waals surface area contributed by atoms with Gasteiger partial charge >= 0.3 is 6.09 Å². The number of amides is 1. The fourth-order valence-corrected chi connectivity index (χ4v) is 5.76. The number of carbonyl (C=O) groups is 1. The molecule has 43 heavy (non-hydrogen) atoms. The van der Waals surface area contributed by atoms with Crippen molar-refractivity contribution in [3.63, 3.8) is 0 Å². The maximum atomic E-state index is 13.6. The highest BCUT2D eigenvalue weighted by molar-refractivity contribution is 5.79. The molecule has 0 saturated carbocycles. The van der Waals surface area contributed by atoms with Gasteiger partial charge in [0.1, 0.15) is 5.60 Å². The Hall–Kier alpha value is -4.24. The molecule has 9 heteroatoms. The molecule has 1 atom stereocenters. The number of anilines is 1. The summed E-state index contributed by atoms with van der Waals surface area (Å²) in [4.78, 5) is 39.4. The third-order valence-corrected chi connectivity index (χ3v) is 7.79. The van der Waals surface area contributed by atoms with Crippen molar-refractivity contribution < 1.29 is 9.53 Å². The number of ether oxygens (including phenoxy) is 1. The van der Waals surface area contributed by atoms with Crippen molar-refractivity contribution >= 4 is 22.7 Å². The fraction of sp³-hybridized carbons (Fsp3) is 0.412. The molecule has 226 valence electrons. The van der Waals surface area contributed by atoms with E-state index in [1.807, 2.05) is 83.7 Å². The molecular formula is C34H42N6O3. The average Bonchev–Trinajstić information content (AvgIpc) is 2.98. The quantitative estimate of drug-likeness (QED) is 0.300. The summed E-state index contributed by atoms with van der Waals surface area (Å²) in [5, 5.41) is 3.52. The van der Waals surface area contributed by atoms with Crippen LogP contribution in [-0.4, -0.2) is 50.3 Å². The number of para-hydroxylation sites is 1. The summed E-state index contributed by atoms with van der Waals surface area (Å²) in [5.41, 5.74) is 5.27. The van der Waals surface area contributed by atoms with E-state index in [0.29, 0.717) is 13.1 Å². The minimum atomic E-state index is -0.544. The SMILES string of the molecule is Cc1cc(CN(Cc2cn(C)c3ccccc3c2=O)[C@H]2CCCN(c3ccc(CNC(=O)OC(C)(C)C)nc3)C2)ccn1. The smallest absolute Gasteiger partial charge is 0.407 e. The number of nitrogens with zero attached hydrogens (tertiary/aromatic N) is 5. The summed E-state index contributed by atoms with van der Waals surface area (Å²) < 4.78 is 7.38. The second-order valence-electron chi connectivity index (χ2n) is 12.4. The van der Waals surface area contributed by atoms with Crippen LogP contribution < -0.4 is 15.6 Å². The molecule has 0 radical (unpaired) electrons. The van der Waals surface area contributed by atoms with E-state index >= 15 is 0 Å². The zero-order valence-corrected chi connectivity index (χ0v) is 25.8. The normalized spacial score (nSPS) is 15.6. The number of aryl methyl sites for hydroxylation is 2. The van der Waals surface area contributed by atoms with Crippen LogP contribution in [0.2, 0.25) is 0 Å². The van der Waals surface area contributed by atoms with Crippen LogP contribution in [-0.2, 0) is 31.4 Å². The fourth-order valence-electron chi connectivity index (χ4n) is 5.76. The van der Waals surface area contributed by atoms with E-state index in [1.165, 1.54) is 5.56 Å². The van der Waals surface area contributed by atoms with Gasteiger partial charge in [0.15, 0.2) is 5.43 Å². The van der Waals surface area contributed by atoms with E-state index in [1.54, 1.807) is 0 Å². The highest BCUT2D eigenvalue weighted by Gasteiger charge is 2.27. The van der Waals surface area contributed by atoms with Gasteiger partial charge in [-0.25, -0.2) is 4.79 Å². The van der Waals surface area contributed by atoms with Crippen LogP contribution in [0.5, 0.6) is 0 Å². The Balaban J connectivity index is 1.34. The first-order chi connectivity index (χ1) is 20.6. The number of fused-ring (bicyclic) bond motifs is 1. The molecule has 1 aliphatic heterocycles. The minimum absolute atomic E-state index is 0.0945. The minimum Gasteiger partial charge on any atom is -0.444 e. The number of carbonyl (C=O) groups excluding carboxylic acids is 1. The molecule has 9 nitrogen and oxygen atoms in total. The molecule has 1 amide bonds. The Labute approximate surface area is 253 Å². The summed E-state index contributed by atoms with van der Waals surface area (Å²) in [5.74, 6) is 0. The first kappa shape index (κ1) is 30.2. The summed E-state index contributed by atoms with van der Waals surface area (Å²) in [6.07, 6.45) is 7.35. The number of hydrogen-bond donors (Lipinski definition) is 1. The van der Waals surface area contributed by atoms with Crippen molar-refractivity contribution in [2.45, 2.75) is 71.8 Å². The third kappa shape index (κ3) is 7.78. The van der Waals surface area contributed by atoms with Crippen molar-refractivity contribution in [2.75, 3.05) is 18.0 Å². The van der Waals surface area contributed by atoms with Crippen LogP contribution in [0.4, 0.5) is 10.5 Å². The Morgan fingerprint density at radius 3 is 2.67 bits per heavy atom. The van der Waals surface area contributed by atoms with Crippen LogP contribution in [0.25, 0.3) is 10.9 Å². The molecule has 1 fully saturated rings. The molecule has 0 bridgehead atoms. The Morgan fingerprint density at radius 2 is 1.93 bits per heavy atom. The van der Waals surface area contributed by atoms with Gasteiger partial charge in [-0.1, -0.05) is 12.1 Å². The van der Waals surface area contributed by atoms with Crippen molar-refractivity contribution in [1.29, 1.82) is 0 Å². The molecule has 3 aromatic heterocycles. The topological polar surface area (TPSA) is 92.6 Å². The lowest BCUT2D eigenvalue weighted by atomic mass is 10.0. The summed E-state index contributed by atoms with van der Waals surface area (Å²) in [6.45, 7) is 10.9. The monoisotopic (exact) mass is 582 g/mol. The molecule has 4 heterocycles. The van der Waals surface area contributed by atoms with Gasteiger partial charge in [-0.05, 0) is 82.5 Å². The summed E-state index contributed by atoms with van der Waals surface area (Å²) >= 11 is 0. The summed E-state index contributed by atoms with van der Waals surface area (Å²) in [6, 6.07) is 16.2. The molecule has 1 aliphatic rings. The standard InChI is InChI=1S/C34H42N6O3/c1-24-17-25(14-15-35-24)20-40(22-26-21-38(5)31-11-7-6-10-30(31)32(26)41)29-9-8-16-39(23-29)28-13-12-27(36-19-28)18-37-33(42)43-34(2,3)4/h6-7,10-15,17,19,21,29H,8-9,16,18,20,22-23H2,1-5H3,(H,37,42)/t29-/m0/s1. The van der Waals surface area contributed by atoms with Crippen LogP contribution in [0.15, 0.2) is 71.9 Å². The Bertz CT molecular complexity index is 1630. The first-order valence-corrected chi connectivity index (χ1v) is 15.0. The largest absolute Gasteiger partial charge is 0.444 e. The molecule has 1 aromatic carbocycles. The number of benzene rings is 1. The molecule has 5 rings (SSSR count). The predicted octanol–water partition coefficient (Wildman–Crippen LogP) is 5.33. The van der Waals surface area contributed by atoms with Crippen molar-refractivity contribution in [2.24, 2.45) is 7.05 Å². The van der Waals surface area contributed by atoms with Gasteiger partial charge in [-0.3, -0.25) is 19.7 Å². The van der Waals surface area contributed by atoms with Gasteiger partial charge in [-0.15, -0.1) is 0 Å². The van der Waals surface area contributed by atoms with Gasteiger partial charge in [-0.2, -0.15) is 0 Å². The molecule has 0 aliphatic carbocycles. The van der Waals surface area contributed by atoms with Crippen LogP contribution >= 0.6 is 0 Å². The molecule has 0 spiro atoms. The van der Waals surface area contributed by atoms with Crippen LogP contribution in [0.1, 0.15) is 56.1 Å². The number of piperidine rings is 1. The summed E-state index contributed by atoms with van der Waals surface area (Å²) in [7, 11) is 2.00. The van der Waals surface area contributed by atoms with E-state index in [-0.39, 0.29) is 11.5 Å². The molecule has 1 N–H and O–H groups in total. The third-order valence-electron chi connectivity index (χ3n) is 7.79. The second-order valence-corrected chi connectivity index (χ2v) is 12.4. The van der Waals surface area contributed by atoms with Gasteiger partial charge in [0.2, 0.25) is 0 Å².